The Morgan fingerprint density at radius 1 is 1.00 bits per heavy atom. The van der Waals surface area contributed by atoms with E-state index < -0.39 is 47.8 Å². The molecule has 0 bridgehead atoms. The number of carbonyl (C=O) groups is 4. The fourth-order valence-corrected chi connectivity index (χ4v) is 2.87. The highest BCUT2D eigenvalue weighted by atomic mass is 16.6. The molecule has 182 valence electrons. The van der Waals surface area contributed by atoms with Gasteiger partial charge in [-0.25, -0.2) is 4.79 Å². The van der Waals surface area contributed by atoms with E-state index in [9.17, 15) is 19.2 Å². The van der Waals surface area contributed by atoms with Crippen molar-refractivity contribution >= 4 is 23.8 Å². The van der Waals surface area contributed by atoms with Crippen LogP contribution in [0, 0.1) is 11.8 Å². The number of hydrogen-bond acceptors (Lipinski definition) is 7. The van der Waals surface area contributed by atoms with E-state index >= 15 is 0 Å². The van der Waals surface area contributed by atoms with Crippen molar-refractivity contribution in [3.8, 4) is 0 Å². The van der Waals surface area contributed by atoms with E-state index in [0.29, 0.717) is 0 Å². The van der Waals surface area contributed by atoms with Gasteiger partial charge in [-0.15, -0.1) is 0 Å². The molecule has 0 aromatic heterocycles. The Balaban J connectivity index is 2.85. The molecule has 0 radical (unpaired) electrons. The van der Waals surface area contributed by atoms with Crippen molar-refractivity contribution in [1.82, 2.24) is 5.32 Å². The molecular weight excluding hydrogens is 426 g/mol. The summed E-state index contributed by atoms with van der Waals surface area (Å²) in [5.74, 6) is -3.51. The fourth-order valence-electron chi connectivity index (χ4n) is 2.87. The van der Waals surface area contributed by atoms with Gasteiger partial charge in [0.05, 0.1) is 18.8 Å². The summed E-state index contributed by atoms with van der Waals surface area (Å²) in [6.45, 7) is 12.2. The van der Waals surface area contributed by atoms with Gasteiger partial charge in [0.15, 0.2) is 0 Å². The molecule has 1 rings (SSSR count). The standard InChI is InChI=1S/C25H35NO7/c1-7-13-31-24(30)20(15-21(27)32-16-18-11-9-8-10-12-18)26-23(29)19(17(2)3)14-22(28)33-25(4,5)6/h7-12,17,19-20H,1,13-16H2,2-6H3,(H,26,29)/t19-,20-/m0/s1. The minimum absolute atomic E-state index is 0.0370. The zero-order valence-corrected chi connectivity index (χ0v) is 20.1. The summed E-state index contributed by atoms with van der Waals surface area (Å²) in [4.78, 5) is 50.0. The summed E-state index contributed by atoms with van der Waals surface area (Å²) in [6, 6.07) is 7.81. The lowest BCUT2D eigenvalue weighted by Crippen LogP contribution is -2.47. The van der Waals surface area contributed by atoms with E-state index in [4.69, 9.17) is 14.2 Å². The molecule has 0 fully saturated rings. The molecule has 1 aromatic carbocycles. The van der Waals surface area contributed by atoms with Gasteiger partial charge in [-0.1, -0.05) is 56.8 Å². The predicted molar refractivity (Wildman–Crippen MR) is 123 cm³/mol. The van der Waals surface area contributed by atoms with E-state index in [0.717, 1.165) is 5.56 Å². The summed E-state index contributed by atoms with van der Waals surface area (Å²) in [7, 11) is 0. The first-order valence-corrected chi connectivity index (χ1v) is 10.9. The Hall–Kier alpha value is -3.16. The highest BCUT2D eigenvalue weighted by Gasteiger charge is 2.32. The molecular formula is C25H35NO7. The molecule has 2 atom stereocenters. The Labute approximate surface area is 195 Å². The second-order valence-electron chi connectivity index (χ2n) is 8.97. The number of amides is 1. The van der Waals surface area contributed by atoms with Crippen LogP contribution in [-0.4, -0.2) is 42.1 Å². The lowest BCUT2D eigenvalue weighted by molar-refractivity contribution is -0.158. The third-order valence-electron chi connectivity index (χ3n) is 4.51. The van der Waals surface area contributed by atoms with Crippen molar-refractivity contribution in [2.75, 3.05) is 6.61 Å². The van der Waals surface area contributed by atoms with Gasteiger partial charge in [-0.3, -0.25) is 14.4 Å². The highest BCUT2D eigenvalue weighted by molar-refractivity contribution is 5.90. The molecule has 0 aliphatic carbocycles. The zero-order chi connectivity index (χ0) is 25.0. The quantitative estimate of drug-likeness (QED) is 0.289. The second-order valence-corrected chi connectivity index (χ2v) is 8.97. The Morgan fingerprint density at radius 3 is 2.18 bits per heavy atom. The predicted octanol–water partition coefficient (Wildman–Crippen LogP) is 3.34. The largest absolute Gasteiger partial charge is 0.461 e. The van der Waals surface area contributed by atoms with Crippen LogP contribution < -0.4 is 5.32 Å². The van der Waals surface area contributed by atoms with Gasteiger partial charge < -0.3 is 19.5 Å². The molecule has 0 aliphatic heterocycles. The number of rotatable bonds is 12. The number of ether oxygens (including phenoxy) is 3. The molecule has 0 heterocycles. The SMILES string of the molecule is C=CCOC(=O)[C@H](CC(=O)OCc1ccccc1)NC(=O)[C@@H](CC(=O)OC(C)(C)C)C(C)C. The minimum atomic E-state index is -1.26. The van der Waals surface area contributed by atoms with Gasteiger partial charge in [0.25, 0.3) is 0 Å². The van der Waals surface area contributed by atoms with Crippen LogP contribution in [0.2, 0.25) is 0 Å². The van der Waals surface area contributed by atoms with Gasteiger partial charge >= 0.3 is 17.9 Å². The minimum Gasteiger partial charge on any atom is -0.461 e. The monoisotopic (exact) mass is 461 g/mol. The number of carbonyl (C=O) groups excluding carboxylic acids is 4. The van der Waals surface area contributed by atoms with Crippen LogP contribution in [0.5, 0.6) is 0 Å². The average molecular weight is 462 g/mol. The van der Waals surface area contributed by atoms with Crippen LogP contribution in [0.1, 0.15) is 53.0 Å². The molecule has 8 heteroatoms. The molecule has 1 N–H and O–H groups in total. The molecule has 0 spiro atoms. The van der Waals surface area contributed by atoms with Crippen LogP contribution >= 0.6 is 0 Å². The summed E-state index contributed by atoms with van der Waals surface area (Å²) in [5, 5.41) is 2.55. The van der Waals surface area contributed by atoms with Crippen molar-refractivity contribution in [3.05, 3.63) is 48.6 Å². The molecule has 0 saturated heterocycles. The van der Waals surface area contributed by atoms with Crippen LogP contribution in [0.3, 0.4) is 0 Å². The lowest BCUT2D eigenvalue weighted by atomic mass is 9.91. The molecule has 0 aliphatic rings. The maximum absolute atomic E-state index is 12.9. The lowest BCUT2D eigenvalue weighted by Gasteiger charge is -2.25. The highest BCUT2D eigenvalue weighted by Crippen LogP contribution is 2.19. The zero-order valence-electron chi connectivity index (χ0n) is 20.1. The second kappa shape index (κ2) is 13.4. The molecule has 1 aromatic rings. The Bertz CT molecular complexity index is 812. The van der Waals surface area contributed by atoms with Gasteiger partial charge in [0.2, 0.25) is 5.91 Å². The maximum Gasteiger partial charge on any atom is 0.329 e. The van der Waals surface area contributed by atoms with E-state index in [2.05, 4.69) is 11.9 Å². The topological polar surface area (TPSA) is 108 Å². The summed E-state index contributed by atoms with van der Waals surface area (Å²) in [5.41, 5.74) is 0.104. The third-order valence-corrected chi connectivity index (χ3v) is 4.51. The van der Waals surface area contributed by atoms with Crippen molar-refractivity contribution < 1.29 is 33.4 Å². The van der Waals surface area contributed by atoms with Gasteiger partial charge in [-0.2, -0.15) is 0 Å². The summed E-state index contributed by atoms with van der Waals surface area (Å²) >= 11 is 0. The third kappa shape index (κ3) is 11.3. The van der Waals surface area contributed by atoms with Gasteiger partial charge in [0.1, 0.15) is 24.9 Å². The van der Waals surface area contributed by atoms with E-state index in [-0.39, 0.29) is 25.6 Å². The van der Waals surface area contributed by atoms with Crippen molar-refractivity contribution in [2.24, 2.45) is 11.8 Å². The van der Waals surface area contributed by atoms with Crippen molar-refractivity contribution in [1.29, 1.82) is 0 Å². The van der Waals surface area contributed by atoms with Crippen LogP contribution in [-0.2, 0) is 40.0 Å². The van der Waals surface area contributed by atoms with Crippen molar-refractivity contribution in [2.45, 2.75) is 65.7 Å². The van der Waals surface area contributed by atoms with Gasteiger partial charge in [-0.05, 0) is 32.3 Å². The number of hydrogen-bond donors (Lipinski definition) is 1. The maximum atomic E-state index is 12.9. The van der Waals surface area contributed by atoms with Crippen molar-refractivity contribution in [3.63, 3.8) is 0 Å². The van der Waals surface area contributed by atoms with Gasteiger partial charge in [0, 0.05) is 0 Å². The first-order valence-electron chi connectivity index (χ1n) is 10.9. The number of benzene rings is 1. The van der Waals surface area contributed by atoms with E-state index in [1.54, 1.807) is 46.8 Å². The fraction of sp³-hybridized carbons (Fsp3) is 0.520. The van der Waals surface area contributed by atoms with Crippen LogP contribution in [0.25, 0.3) is 0 Å². The van der Waals surface area contributed by atoms with E-state index in [1.165, 1.54) is 6.08 Å². The molecule has 8 nitrogen and oxygen atoms in total. The Kier molecular flexibility index (Phi) is 11.3. The average Bonchev–Trinajstić information content (AvgIpc) is 2.73. The van der Waals surface area contributed by atoms with Crippen LogP contribution in [0.4, 0.5) is 0 Å². The van der Waals surface area contributed by atoms with E-state index in [1.807, 2.05) is 18.2 Å². The number of nitrogens with one attached hydrogen (secondary N) is 1. The number of esters is 3. The molecule has 1 amide bonds. The summed E-state index contributed by atoms with van der Waals surface area (Å²) < 4.78 is 15.6. The Morgan fingerprint density at radius 2 is 1.64 bits per heavy atom. The first-order chi connectivity index (χ1) is 15.4. The van der Waals surface area contributed by atoms with Crippen LogP contribution in [0.15, 0.2) is 43.0 Å². The smallest absolute Gasteiger partial charge is 0.329 e. The normalized spacial score (nSPS) is 12.9. The molecule has 33 heavy (non-hydrogen) atoms. The first kappa shape index (κ1) is 27.9. The summed E-state index contributed by atoms with van der Waals surface area (Å²) in [6.07, 6.45) is 0.809. The molecule has 0 saturated carbocycles. The molecule has 0 unspecified atom stereocenters.